The van der Waals surface area contributed by atoms with E-state index in [2.05, 4.69) is 9.97 Å². The number of likely N-dealkylation sites (tertiary alicyclic amines) is 1. The van der Waals surface area contributed by atoms with Crippen LogP contribution in [0.4, 0.5) is 4.79 Å². The van der Waals surface area contributed by atoms with E-state index < -0.39 is 5.60 Å². The molecule has 2 rings (SSSR count). The van der Waals surface area contributed by atoms with Gasteiger partial charge in [0.05, 0.1) is 6.61 Å². The second-order valence-electron chi connectivity index (χ2n) is 7.29. The van der Waals surface area contributed by atoms with Crippen molar-refractivity contribution < 1.29 is 14.3 Å². The van der Waals surface area contributed by atoms with Gasteiger partial charge in [0.15, 0.2) is 0 Å². The molecular weight excluding hydrogens is 306 g/mol. The Labute approximate surface area is 144 Å². The number of hydrogen-bond acceptors (Lipinski definition) is 5. The zero-order valence-electron chi connectivity index (χ0n) is 15.2. The van der Waals surface area contributed by atoms with Crippen molar-refractivity contribution in [2.75, 3.05) is 13.2 Å². The highest BCUT2D eigenvalue weighted by Crippen LogP contribution is 2.23. The number of hydrogen-bond donors (Lipinski definition) is 0. The lowest BCUT2D eigenvalue weighted by atomic mass is 9.98. The van der Waals surface area contributed by atoms with Gasteiger partial charge in [-0.25, -0.2) is 14.8 Å². The predicted molar refractivity (Wildman–Crippen MR) is 92.1 cm³/mol. The molecule has 1 aliphatic rings. The first-order chi connectivity index (χ1) is 11.3. The number of nitrogens with zero attached hydrogens (tertiary/aromatic N) is 3. The maximum atomic E-state index is 12.4. The van der Waals surface area contributed by atoms with Crippen LogP contribution in [0, 0.1) is 6.92 Å². The smallest absolute Gasteiger partial charge is 0.410 e. The van der Waals surface area contributed by atoms with E-state index in [1.165, 1.54) is 0 Å². The molecule has 0 unspecified atom stereocenters. The van der Waals surface area contributed by atoms with Crippen molar-refractivity contribution in [3.8, 4) is 6.01 Å². The first-order valence-corrected chi connectivity index (χ1v) is 8.77. The summed E-state index contributed by atoms with van der Waals surface area (Å²) < 4.78 is 11.1. The molecule has 0 bridgehead atoms. The van der Waals surface area contributed by atoms with E-state index in [0.29, 0.717) is 12.6 Å². The summed E-state index contributed by atoms with van der Waals surface area (Å²) in [5.41, 5.74) is 0.438. The summed E-state index contributed by atoms with van der Waals surface area (Å²) in [5, 5.41) is 0. The Hall–Kier alpha value is -1.85. The van der Waals surface area contributed by atoms with E-state index in [4.69, 9.17) is 9.47 Å². The molecule has 1 atom stereocenters. The largest absolute Gasteiger partial charge is 0.463 e. The molecule has 1 saturated heterocycles. The monoisotopic (exact) mass is 335 g/mol. The maximum Gasteiger partial charge on any atom is 0.410 e. The molecule has 134 valence electrons. The topological polar surface area (TPSA) is 64.5 Å². The van der Waals surface area contributed by atoms with Crippen LogP contribution >= 0.6 is 0 Å². The second-order valence-corrected chi connectivity index (χ2v) is 7.29. The van der Waals surface area contributed by atoms with Crippen LogP contribution in [0.2, 0.25) is 0 Å². The normalized spacial score (nSPS) is 18.3. The predicted octanol–water partition coefficient (Wildman–Crippen LogP) is 3.73. The number of ether oxygens (including phenoxy) is 2. The fourth-order valence-electron chi connectivity index (χ4n) is 2.84. The minimum absolute atomic E-state index is 0.199. The summed E-state index contributed by atoms with van der Waals surface area (Å²) in [6.45, 7) is 8.96. The summed E-state index contributed by atoms with van der Waals surface area (Å²) in [6, 6.07) is 2.49. The van der Waals surface area contributed by atoms with Crippen LogP contribution in [0.5, 0.6) is 6.01 Å². The van der Waals surface area contributed by atoms with E-state index in [9.17, 15) is 4.79 Å². The number of carbonyl (C=O) groups excluding carboxylic acids is 1. The van der Waals surface area contributed by atoms with Crippen molar-refractivity contribution in [3.05, 3.63) is 18.0 Å². The molecule has 0 spiro atoms. The van der Waals surface area contributed by atoms with E-state index in [0.717, 1.165) is 44.3 Å². The van der Waals surface area contributed by atoms with Crippen molar-refractivity contribution in [2.24, 2.45) is 0 Å². The molecule has 1 fully saturated rings. The maximum absolute atomic E-state index is 12.4. The summed E-state index contributed by atoms with van der Waals surface area (Å²) in [5.74, 6) is 0. The van der Waals surface area contributed by atoms with Gasteiger partial charge in [0.1, 0.15) is 5.60 Å². The fraction of sp³-hybridized carbons (Fsp3) is 0.722. The SMILES string of the molecule is Cc1ccnc(OCCC[C@H]2CCCCN2C(=O)OC(C)(C)C)n1. The molecule has 0 aliphatic carbocycles. The van der Waals surface area contributed by atoms with Crippen molar-refractivity contribution in [2.45, 2.75) is 71.4 Å². The van der Waals surface area contributed by atoms with Crippen LogP contribution in [0.15, 0.2) is 12.3 Å². The Morgan fingerprint density at radius 2 is 2.17 bits per heavy atom. The number of amides is 1. The molecule has 1 aliphatic heterocycles. The highest BCUT2D eigenvalue weighted by molar-refractivity contribution is 5.68. The molecule has 0 N–H and O–H groups in total. The van der Waals surface area contributed by atoms with Gasteiger partial charge >= 0.3 is 12.1 Å². The van der Waals surface area contributed by atoms with E-state index in [1.807, 2.05) is 38.7 Å². The minimum atomic E-state index is -0.454. The van der Waals surface area contributed by atoms with Crippen LogP contribution in [-0.2, 0) is 4.74 Å². The molecule has 1 aromatic heterocycles. The summed E-state index contributed by atoms with van der Waals surface area (Å²) in [4.78, 5) is 22.6. The number of rotatable bonds is 5. The molecule has 0 saturated carbocycles. The van der Waals surface area contributed by atoms with Crippen LogP contribution in [0.1, 0.15) is 58.6 Å². The van der Waals surface area contributed by atoms with Crippen LogP contribution in [0.25, 0.3) is 0 Å². The standard InChI is InChI=1S/C18H29N3O3/c1-14-10-11-19-16(20-14)23-13-7-9-15-8-5-6-12-21(15)17(22)24-18(2,3)4/h10-11,15H,5-9,12-13H2,1-4H3/t15-/m1/s1. The molecule has 2 heterocycles. The average molecular weight is 335 g/mol. The van der Waals surface area contributed by atoms with Gasteiger partial charge in [-0.2, -0.15) is 0 Å². The Morgan fingerprint density at radius 3 is 2.88 bits per heavy atom. The Balaban J connectivity index is 1.79. The lowest BCUT2D eigenvalue weighted by Crippen LogP contribution is -2.46. The van der Waals surface area contributed by atoms with Crippen molar-refractivity contribution in [1.29, 1.82) is 0 Å². The number of aryl methyl sites for hydroxylation is 1. The Bertz CT molecular complexity index is 543. The molecule has 1 aromatic rings. The van der Waals surface area contributed by atoms with E-state index in [1.54, 1.807) is 6.20 Å². The van der Waals surface area contributed by atoms with Gasteiger partial charge in [-0.05, 0) is 65.9 Å². The van der Waals surface area contributed by atoms with Crippen molar-refractivity contribution in [1.82, 2.24) is 14.9 Å². The van der Waals surface area contributed by atoms with Gasteiger partial charge in [0.2, 0.25) is 0 Å². The van der Waals surface area contributed by atoms with E-state index >= 15 is 0 Å². The number of aromatic nitrogens is 2. The van der Waals surface area contributed by atoms with E-state index in [-0.39, 0.29) is 12.1 Å². The first-order valence-electron chi connectivity index (χ1n) is 8.77. The highest BCUT2D eigenvalue weighted by atomic mass is 16.6. The van der Waals surface area contributed by atoms with Gasteiger partial charge in [0.25, 0.3) is 0 Å². The molecule has 1 amide bonds. The van der Waals surface area contributed by atoms with Crippen LogP contribution in [0.3, 0.4) is 0 Å². The number of carbonyl (C=O) groups is 1. The Morgan fingerprint density at radius 1 is 1.38 bits per heavy atom. The highest BCUT2D eigenvalue weighted by Gasteiger charge is 2.30. The van der Waals surface area contributed by atoms with Gasteiger partial charge in [-0.1, -0.05) is 0 Å². The molecule has 0 radical (unpaired) electrons. The van der Waals surface area contributed by atoms with Crippen LogP contribution < -0.4 is 4.74 Å². The van der Waals surface area contributed by atoms with Crippen molar-refractivity contribution in [3.63, 3.8) is 0 Å². The third-order valence-corrected chi connectivity index (χ3v) is 3.94. The molecule has 0 aromatic carbocycles. The lowest BCUT2D eigenvalue weighted by molar-refractivity contribution is 0.00820. The van der Waals surface area contributed by atoms with Gasteiger partial charge in [-0.15, -0.1) is 0 Å². The molecular formula is C18H29N3O3. The van der Waals surface area contributed by atoms with Gasteiger partial charge in [-0.3, -0.25) is 0 Å². The third kappa shape index (κ3) is 5.98. The Kier molecular flexibility index (Phi) is 6.40. The molecule has 6 heteroatoms. The minimum Gasteiger partial charge on any atom is -0.463 e. The first kappa shape index (κ1) is 18.5. The lowest BCUT2D eigenvalue weighted by Gasteiger charge is -2.36. The third-order valence-electron chi connectivity index (χ3n) is 3.94. The summed E-state index contributed by atoms with van der Waals surface area (Å²) >= 11 is 0. The summed E-state index contributed by atoms with van der Waals surface area (Å²) in [7, 11) is 0. The van der Waals surface area contributed by atoms with Gasteiger partial charge < -0.3 is 14.4 Å². The molecule has 6 nitrogen and oxygen atoms in total. The zero-order valence-corrected chi connectivity index (χ0v) is 15.2. The number of piperidine rings is 1. The quantitative estimate of drug-likeness (QED) is 0.767. The average Bonchev–Trinajstić information content (AvgIpc) is 2.50. The van der Waals surface area contributed by atoms with Gasteiger partial charge in [0, 0.05) is 24.5 Å². The zero-order chi connectivity index (χ0) is 17.6. The second kappa shape index (κ2) is 8.31. The van der Waals surface area contributed by atoms with Crippen LogP contribution in [-0.4, -0.2) is 45.8 Å². The fourth-order valence-corrected chi connectivity index (χ4v) is 2.84. The summed E-state index contributed by atoms with van der Waals surface area (Å²) in [6.07, 6.45) is 6.50. The molecule has 24 heavy (non-hydrogen) atoms. The van der Waals surface area contributed by atoms with Crippen molar-refractivity contribution >= 4 is 6.09 Å².